The first-order valence-corrected chi connectivity index (χ1v) is 7.55. The molecular weight excluding hydrogens is 285 g/mol. The Kier molecular flexibility index (Phi) is 4.11. The normalized spacial score (nSPS) is 16.9. The Labute approximate surface area is 128 Å². The van der Waals surface area contributed by atoms with E-state index >= 15 is 0 Å². The maximum Gasteiger partial charge on any atom is 0.227 e. The average Bonchev–Trinajstić information content (AvgIpc) is 3.15. The average molecular weight is 305 g/mol. The molecule has 3 rings (SSSR count). The molecular formula is C16H20FN3O2. The predicted molar refractivity (Wildman–Crippen MR) is 79.0 cm³/mol. The summed E-state index contributed by atoms with van der Waals surface area (Å²) in [5.41, 5.74) is 6.73. The summed E-state index contributed by atoms with van der Waals surface area (Å²) in [5, 5.41) is 4.02. The van der Waals surface area contributed by atoms with Crippen LogP contribution in [0.1, 0.15) is 43.0 Å². The quantitative estimate of drug-likeness (QED) is 0.919. The van der Waals surface area contributed by atoms with E-state index < -0.39 is 5.54 Å². The highest BCUT2D eigenvalue weighted by atomic mass is 19.1. The van der Waals surface area contributed by atoms with Gasteiger partial charge in [0.15, 0.2) is 17.4 Å². The van der Waals surface area contributed by atoms with Gasteiger partial charge in [0, 0.05) is 6.42 Å². The summed E-state index contributed by atoms with van der Waals surface area (Å²) in [7, 11) is 1.45. The number of halogens is 1. The lowest BCUT2D eigenvalue weighted by Crippen LogP contribution is -2.34. The zero-order valence-corrected chi connectivity index (χ0v) is 12.6. The molecule has 0 unspecified atom stereocenters. The van der Waals surface area contributed by atoms with Crippen molar-refractivity contribution in [2.24, 2.45) is 5.73 Å². The second-order valence-corrected chi connectivity index (χ2v) is 5.84. The minimum atomic E-state index is -0.437. The molecule has 0 saturated heterocycles. The molecule has 1 heterocycles. The van der Waals surface area contributed by atoms with Crippen molar-refractivity contribution in [2.75, 3.05) is 7.11 Å². The van der Waals surface area contributed by atoms with Crippen LogP contribution in [0.25, 0.3) is 0 Å². The molecule has 1 aliphatic rings. The van der Waals surface area contributed by atoms with Crippen LogP contribution in [0, 0.1) is 5.82 Å². The highest BCUT2D eigenvalue weighted by Gasteiger charge is 2.35. The monoisotopic (exact) mass is 305 g/mol. The number of nitrogens with zero attached hydrogens (tertiary/aromatic N) is 2. The summed E-state index contributed by atoms with van der Waals surface area (Å²) in [5.74, 6) is 1.03. The van der Waals surface area contributed by atoms with Crippen LogP contribution in [0.4, 0.5) is 4.39 Å². The third-order valence-electron chi connectivity index (χ3n) is 4.25. The van der Waals surface area contributed by atoms with Crippen LogP contribution < -0.4 is 10.5 Å². The van der Waals surface area contributed by atoms with Gasteiger partial charge < -0.3 is 15.0 Å². The van der Waals surface area contributed by atoms with Gasteiger partial charge in [-0.25, -0.2) is 4.39 Å². The van der Waals surface area contributed by atoms with E-state index in [1.165, 1.54) is 13.2 Å². The summed E-state index contributed by atoms with van der Waals surface area (Å²) in [6.45, 7) is 0. The van der Waals surface area contributed by atoms with Gasteiger partial charge in [0.2, 0.25) is 5.89 Å². The molecule has 5 nitrogen and oxygen atoms in total. The van der Waals surface area contributed by atoms with Gasteiger partial charge in [-0.3, -0.25) is 0 Å². The van der Waals surface area contributed by atoms with Crippen molar-refractivity contribution < 1.29 is 13.7 Å². The first kappa shape index (κ1) is 15.0. The number of methoxy groups -OCH3 is 1. The maximum absolute atomic E-state index is 13.6. The molecule has 0 amide bonds. The smallest absolute Gasteiger partial charge is 0.227 e. The van der Waals surface area contributed by atoms with E-state index in [-0.39, 0.29) is 11.6 Å². The van der Waals surface area contributed by atoms with E-state index in [4.69, 9.17) is 15.0 Å². The summed E-state index contributed by atoms with van der Waals surface area (Å²) in [4.78, 5) is 4.41. The molecule has 1 fully saturated rings. The minimum absolute atomic E-state index is 0.245. The fraction of sp³-hybridized carbons (Fsp3) is 0.500. The number of aromatic nitrogens is 2. The highest BCUT2D eigenvalue weighted by molar-refractivity contribution is 5.29. The van der Waals surface area contributed by atoms with Gasteiger partial charge in [-0.1, -0.05) is 24.1 Å². The Morgan fingerprint density at radius 2 is 2.09 bits per heavy atom. The Bertz CT molecular complexity index is 651. The predicted octanol–water partition coefficient (Wildman–Crippen LogP) is 2.73. The third-order valence-corrected chi connectivity index (χ3v) is 4.25. The summed E-state index contributed by atoms with van der Waals surface area (Å²) < 4.78 is 23.8. The van der Waals surface area contributed by atoms with Gasteiger partial charge in [-0.2, -0.15) is 4.98 Å². The number of benzene rings is 1. The van der Waals surface area contributed by atoms with Crippen molar-refractivity contribution in [1.82, 2.24) is 10.1 Å². The van der Waals surface area contributed by atoms with Crippen LogP contribution in [0.3, 0.4) is 0 Å². The number of nitrogens with two attached hydrogens (primary N) is 1. The van der Waals surface area contributed by atoms with Gasteiger partial charge in [0.1, 0.15) is 0 Å². The van der Waals surface area contributed by atoms with Crippen LogP contribution in [-0.2, 0) is 18.4 Å². The third kappa shape index (κ3) is 2.97. The van der Waals surface area contributed by atoms with Crippen LogP contribution in [0.15, 0.2) is 22.7 Å². The molecule has 1 aromatic heterocycles. The van der Waals surface area contributed by atoms with Crippen LogP contribution in [0.5, 0.6) is 5.75 Å². The Hall–Kier alpha value is -1.95. The van der Waals surface area contributed by atoms with E-state index in [1.807, 2.05) is 6.07 Å². The molecule has 0 bridgehead atoms. The van der Waals surface area contributed by atoms with Crippen molar-refractivity contribution >= 4 is 0 Å². The molecule has 1 aliphatic carbocycles. The van der Waals surface area contributed by atoms with Gasteiger partial charge in [-0.05, 0) is 37.0 Å². The Morgan fingerprint density at radius 3 is 2.77 bits per heavy atom. The molecule has 6 heteroatoms. The molecule has 1 aromatic carbocycles. The SMILES string of the molecule is COc1ccc(CCc2nc(C3(N)CCCC3)no2)cc1F. The van der Waals surface area contributed by atoms with E-state index in [0.717, 1.165) is 31.2 Å². The van der Waals surface area contributed by atoms with Crippen molar-refractivity contribution in [2.45, 2.75) is 44.1 Å². The second kappa shape index (κ2) is 6.04. The van der Waals surface area contributed by atoms with Gasteiger partial charge in [0.25, 0.3) is 0 Å². The zero-order chi connectivity index (χ0) is 15.6. The van der Waals surface area contributed by atoms with Crippen LogP contribution in [0.2, 0.25) is 0 Å². The van der Waals surface area contributed by atoms with E-state index in [0.29, 0.717) is 24.6 Å². The summed E-state index contributed by atoms with van der Waals surface area (Å²) in [6, 6.07) is 4.93. The summed E-state index contributed by atoms with van der Waals surface area (Å²) >= 11 is 0. The van der Waals surface area contributed by atoms with E-state index in [9.17, 15) is 4.39 Å². The fourth-order valence-corrected chi connectivity index (χ4v) is 2.90. The molecule has 0 spiro atoms. The zero-order valence-electron chi connectivity index (χ0n) is 12.6. The topological polar surface area (TPSA) is 74.2 Å². The number of aryl methyl sites for hydroxylation is 2. The second-order valence-electron chi connectivity index (χ2n) is 5.84. The van der Waals surface area contributed by atoms with Gasteiger partial charge in [-0.15, -0.1) is 0 Å². The Balaban J connectivity index is 1.65. The van der Waals surface area contributed by atoms with E-state index in [2.05, 4.69) is 10.1 Å². The fourth-order valence-electron chi connectivity index (χ4n) is 2.90. The lowest BCUT2D eigenvalue weighted by atomic mass is 9.99. The summed E-state index contributed by atoms with van der Waals surface area (Å²) in [6.07, 6.45) is 5.19. The number of hydrogen-bond acceptors (Lipinski definition) is 5. The van der Waals surface area contributed by atoms with Crippen molar-refractivity contribution in [3.8, 4) is 5.75 Å². The largest absolute Gasteiger partial charge is 0.494 e. The number of rotatable bonds is 5. The highest BCUT2D eigenvalue weighted by Crippen LogP contribution is 2.34. The first-order chi connectivity index (χ1) is 10.6. The van der Waals surface area contributed by atoms with Gasteiger partial charge in [0.05, 0.1) is 12.6 Å². The lowest BCUT2D eigenvalue weighted by Gasteiger charge is -2.17. The van der Waals surface area contributed by atoms with Gasteiger partial charge >= 0.3 is 0 Å². The molecule has 2 N–H and O–H groups in total. The van der Waals surface area contributed by atoms with Crippen molar-refractivity contribution in [3.05, 3.63) is 41.3 Å². The maximum atomic E-state index is 13.6. The number of ether oxygens (including phenoxy) is 1. The molecule has 0 radical (unpaired) electrons. The van der Waals surface area contributed by atoms with Crippen LogP contribution >= 0.6 is 0 Å². The molecule has 0 atom stereocenters. The molecule has 118 valence electrons. The standard InChI is InChI=1S/C16H20FN3O2/c1-21-13-6-4-11(10-12(13)17)5-7-14-19-15(20-22-14)16(18)8-2-3-9-16/h4,6,10H,2-3,5,7-9,18H2,1H3. The Morgan fingerprint density at radius 1 is 1.32 bits per heavy atom. The molecule has 22 heavy (non-hydrogen) atoms. The molecule has 0 aliphatic heterocycles. The lowest BCUT2D eigenvalue weighted by molar-refractivity contribution is 0.348. The number of hydrogen-bond donors (Lipinski definition) is 1. The molecule has 1 saturated carbocycles. The van der Waals surface area contributed by atoms with E-state index in [1.54, 1.807) is 6.07 Å². The van der Waals surface area contributed by atoms with Crippen molar-refractivity contribution in [1.29, 1.82) is 0 Å². The first-order valence-electron chi connectivity index (χ1n) is 7.55. The minimum Gasteiger partial charge on any atom is -0.494 e. The molecule has 2 aromatic rings. The van der Waals surface area contributed by atoms with Crippen LogP contribution in [-0.4, -0.2) is 17.3 Å². The van der Waals surface area contributed by atoms with Crippen molar-refractivity contribution in [3.63, 3.8) is 0 Å².